The van der Waals surface area contributed by atoms with E-state index >= 15 is 0 Å². The largest absolute Gasteiger partial charge is 0.326 e. The van der Waals surface area contributed by atoms with Crippen LogP contribution in [0.25, 0.3) is 6.08 Å². The predicted octanol–water partition coefficient (Wildman–Crippen LogP) is 5.35. The summed E-state index contributed by atoms with van der Waals surface area (Å²) in [7, 11) is 0. The summed E-state index contributed by atoms with van der Waals surface area (Å²) in [6, 6.07) is 18.7. The van der Waals surface area contributed by atoms with Crippen LogP contribution >= 0.6 is 11.6 Å². The van der Waals surface area contributed by atoms with Crippen molar-refractivity contribution >= 4 is 52.5 Å². The van der Waals surface area contributed by atoms with Gasteiger partial charge in [0.1, 0.15) is 6.04 Å². The number of carbonyl (C=O) groups excluding carboxylic acids is 3. The molecule has 0 bridgehead atoms. The van der Waals surface area contributed by atoms with Crippen molar-refractivity contribution in [3.8, 4) is 0 Å². The molecule has 0 saturated carbocycles. The van der Waals surface area contributed by atoms with Crippen molar-refractivity contribution < 1.29 is 14.4 Å². The van der Waals surface area contributed by atoms with Crippen molar-refractivity contribution in [1.29, 1.82) is 0 Å². The number of hydrogen-bond donors (Lipinski definition) is 2. The topological polar surface area (TPSA) is 78.5 Å². The summed E-state index contributed by atoms with van der Waals surface area (Å²) < 4.78 is 0. The molecular weight excluding hydrogens is 450 g/mol. The summed E-state index contributed by atoms with van der Waals surface area (Å²) >= 11 is 6.20. The Morgan fingerprint density at radius 3 is 2.53 bits per heavy atom. The van der Waals surface area contributed by atoms with Gasteiger partial charge in [0.15, 0.2) is 0 Å². The third-order valence-corrected chi connectivity index (χ3v) is 6.10. The third kappa shape index (κ3) is 5.02. The highest BCUT2D eigenvalue weighted by atomic mass is 35.5. The molecule has 3 amide bonds. The lowest BCUT2D eigenvalue weighted by atomic mass is 10.0. The molecule has 1 aliphatic heterocycles. The van der Waals surface area contributed by atoms with Crippen LogP contribution in [0.2, 0.25) is 5.02 Å². The van der Waals surface area contributed by atoms with E-state index in [-0.39, 0.29) is 12.3 Å². The van der Waals surface area contributed by atoms with E-state index in [1.165, 1.54) is 11.0 Å². The molecule has 172 valence electrons. The Hall–Kier alpha value is -3.90. The van der Waals surface area contributed by atoms with Crippen LogP contribution in [0.1, 0.15) is 23.1 Å². The minimum Gasteiger partial charge on any atom is -0.326 e. The van der Waals surface area contributed by atoms with Crippen molar-refractivity contribution in [2.75, 3.05) is 15.5 Å². The number of benzene rings is 3. The zero-order chi connectivity index (χ0) is 24.2. The minimum atomic E-state index is -1.01. The van der Waals surface area contributed by atoms with Gasteiger partial charge in [-0.25, -0.2) is 0 Å². The van der Waals surface area contributed by atoms with Gasteiger partial charge in [-0.15, -0.1) is 0 Å². The quantitative estimate of drug-likeness (QED) is 0.490. The number of aryl methyl sites for hydroxylation is 2. The maximum absolute atomic E-state index is 13.3. The van der Waals surface area contributed by atoms with Crippen molar-refractivity contribution in [2.24, 2.45) is 0 Å². The molecule has 1 atom stereocenters. The molecule has 1 heterocycles. The summed E-state index contributed by atoms with van der Waals surface area (Å²) in [4.78, 5) is 40.5. The summed E-state index contributed by atoms with van der Waals surface area (Å²) in [6.45, 7) is 3.95. The summed E-state index contributed by atoms with van der Waals surface area (Å²) in [6.07, 6.45) is 2.77. The van der Waals surface area contributed by atoms with E-state index in [4.69, 9.17) is 11.6 Å². The number of carbonyl (C=O) groups is 3. The highest BCUT2D eigenvalue weighted by Crippen LogP contribution is 2.33. The van der Waals surface area contributed by atoms with Gasteiger partial charge in [-0.3, -0.25) is 19.3 Å². The molecule has 0 saturated heterocycles. The molecule has 34 heavy (non-hydrogen) atoms. The fraction of sp³-hybridized carbons (Fsp3) is 0.148. The van der Waals surface area contributed by atoms with Gasteiger partial charge in [0.05, 0.1) is 17.8 Å². The highest BCUT2D eigenvalue weighted by Gasteiger charge is 2.37. The number of halogens is 1. The van der Waals surface area contributed by atoms with Crippen LogP contribution in [0.5, 0.6) is 0 Å². The van der Waals surface area contributed by atoms with E-state index in [0.29, 0.717) is 27.6 Å². The lowest BCUT2D eigenvalue weighted by molar-refractivity contribution is -0.124. The molecular formula is C27H24ClN3O3. The van der Waals surface area contributed by atoms with Gasteiger partial charge in [0, 0.05) is 16.8 Å². The molecule has 6 nitrogen and oxygen atoms in total. The van der Waals surface area contributed by atoms with Crippen molar-refractivity contribution in [2.45, 2.75) is 26.3 Å². The van der Waals surface area contributed by atoms with Crippen molar-refractivity contribution in [3.05, 3.63) is 94.5 Å². The average molecular weight is 474 g/mol. The summed E-state index contributed by atoms with van der Waals surface area (Å²) in [5, 5.41) is 6.15. The number of hydrogen-bond acceptors (Lipinski definition) is 3. The maximum Gasteiger partial charge on any atom is 0.251 e. The number of para-hydroxylation sites is 2. The molecule has 7 heteroatoms. The number of anilines is 3. The Kier molecular flexibility index (Phi) is 6.80. The van der Waals surface area contributed by atoms with E-state index in [9.17, 15) is 14.4 Å². The number of nitrogens with one attached hydrogen (secondary N) is 2. The maximum atomic E-state index is 13.3. The second kappa shape index (κ2) is 9.93. The van der Waals surface area contributed by atoms with Gasteiger partial charge in [0.25, 0.3) is 5.91 Å². The first-order chi connectivity index (χ1) is 16.3. The molecule has 0 unspecified atom stereocenters. The lowest BCUT2D eigenvalue weighted by Crippen LogP contribution is -2.52. The average Bonchev–Trinajstić information content (AvgIpc) is 2.81. The zero-order valence-corrected chi connectivity index (χ0v) is 19.6. The fourth-order valence-electron chi connectivity index (χ4n) is 3.81. The van der Waals surface area contributed by atoms with E-state index in [1.54, 1.807) is 48.5 Å². The second-order valence-electron chi connectivity index (χ2n) is 8.14. The first kappa shape index (κ1) is 23.3. The summed E-state index contributed by atoms with van der Waals surface area (Å²) in [5.74, 6) is -1.21. The Morgan fingerprint density at radius 1 is 1.03 bits per heavy atom. The second-order valence-corrected chi connectivity index (χ2v) is 8.54. The molecule has 3 aromatic rings. The predicted molar refractivity (Wildman–Crippen MR) is 136 cm³/mol. The van der Waals surface area contributed by atoms with Gasteiger partial charge >= 0.3 is 0 Å². The molecule has 4 rings (SSSR count). The number of rotatable bonds is 5. The first-order valence-electron chi connectivity index (χ1n) is 10.9. The number of fused-ring (bicyclic) bond motifs is 1. The third-order valence-electron chi connectivity index (χ3n) is 5.75. The van der Waals surface area contributed by atoms with E-state index in [1.807, 2.05) is 38.1 Å². The van der Waals surface area contributed by atoms with Crippen LogP contribution in [0.15, 0.2) is 72.8 Å². The molecule has 0 spiro atoms. The van der Waals surface area contributed by atoms with Crippen LogP contribution < -0.4 is 15.5 Å². The van der Waals surface area contributed by atoms with Gasteiger partial charge in [-0.2, -0.15) is 0 Å². The fourth-order valence-corrected chi connectivity index (χ4v) is 4.00. The lowest BCUT2D eigenvalue weighted by Gasteiger charge is -2.35. The van der Waals surface area contributed by atoms with Gasteiger partial charge < -0.3 is 10.6 Å². The van der Waals surface area contributed by atoms with Gasteiger partial charge in [-0.05, 0) is 66.9 Å². The monoisotopic (exact) mass is 473 g/mol. The van der Waals surface area contributed by atoms with E-state index in [2.05, 4.69) is 10.6 Å². The molecule has 0 aliphatic carbocycles. The smallest absolute Gasteiger partial charge is 0.251 e. The van der Waals surface area contributed by atoms with Crippen molar-refractivity contribution in [1.82, 2.24) is 0 Å². The Bertz CT molecular complexity index is 1300. The normalized spacial score (nSPS) is 15.1. The molecule has 0 fully saturated rings. The minimum absolute atomic E-state index is 0.196. The number of nitrogens with zero attached hydrogens (tertiary/aromatic N) is 1. The zero-order valence-electron chi connectivity index (χ0n) is 18.8. The summed E-state index contributed by atoms with van der Waals surface area (Å²) in [5.41, 5.74) is 4.52. The Morgan fingerprint density at radius 2 is 1.76 bits per heavy atom. The first-order valence-corrected chi connectivity index (χ1v) is 11.2. The molecule has 3 aromatic carbocycles. The Labute approximate surface area is 203 Å². The Balaban J connectivity index is 1.61. The molecule has 0 aromatic heterocycles. The number of amides is 3. The molecule has 1 aliphatic rings. The van der Waals surface area contributed by atoms with Crippen LogP contribution in [0.3, 0.4) is 0 Å². The highest BCUT2D eigenvalue weighted by molar-refractivity contribution is 6.32. The van der Waals surface area contributed by atoms with Crippen LogP contribution in [-0.2, 0) is 14.4 Å². The van der Waals surface area contributed by atoms with Crippen LogP contribution in [0, 0.1) is 13.8 Å². The van der Waals surface area contributed by atoms with E-state index in [0.717, 1.165) is 11.1 Å². The standard InChI is InChI=1S/C27H24ClN3O3/c1-17-11-13-20(15-18(17)2)29-25(32)16-24-27(34)30-22-9-5-6-10-23(22)31(24)26(33)14-12-19-7-3-4-8-21(19)28/h3-15,24H,16H2,1-2H3,(H,29,32)(H,30,34)/b14-12+/t24-/m0/s1. The van der Waals surface area contributed by atoms with Crippen LogP contribution in [-0.4, -0.2) is 23.8 Å². The SMILES string of the molecule is Cc1ccc(NC(=O)C[C@H]2C(=O)Nc3ccccc3N2C(=O)/C=C/c2ccccc2Cl)cc1C. The van der Waals surface area contributed by atoms with Crippen molar-refractivity contribution in [3.63, 3.8) is 0 Å². The van der Waals surface area contributed by atoms with Gasteiger partial charge in [-0.1, -0.05) is 48.0 Å². The van der Waals surface area contributed by atoms with Crippen LogP contribution in [0.4, 0.5) is 17.1 Å². The van der Waals surface area contributed by atoms with E-state index < -0.39 is 17.9 Å². The molecule has 2 N–H and O–H groups in total. The van der Waals surface area contributed by atoms with Gasteiger partial charge in [0.2, 0.25) is 11.8 Å². The molecule has 0 radical (unpaired) electrons.